The molecule has 3 aromatic rings. The van der Waals surface area contributed by atoms with Crippen LogP contribution in [0.4, 0.5) is 0 Å². The lowest BCUT2D eigenvalue weighted by Gasteiger charge is -2.01. The summed E-state index contributed by atoms with van der Waals surface area (Å²) >= 11 is 3.16. The maximum absolute atomic E-state index is 11.7. The van der Waals surface area contributed by atoms with Gasteiger partial charge in [0.1, 0.15) is 11.6 Å². The molecule has 0 N–H and O–H groups in total. The minimum Gasteiger partial charge on any atom is -0.454 e. The third-order valence-corrected chi connectivity index (χ3v) is 4.07. The summed E-state index contributed by atoms with van der Waals surface area (Å²) in [7, 11) is 0. The van der Waals surface area contributed by atoms with Crippen LogP contribution in [0.2, 0.25) is 0 Å². The molecule has 7 heteroatoms. The first-order valence-electron chi connectivity index (χ1n) is 5.73. The van der Waals surface area contributed by atoms with E-state index in [9.17, 15) is 4.79 Å². The highest BCUT2D eigenvalue weighted by Gasteiger charge is 2.11. The highest BCUT2D eigenvalue weighted by Crippen LogP contribution is 2.25. The van der Waals surface area contributed by atoms with Crippen LogP contribution in [-0.2, 0) is 11.3 Å². The summed E-state index contributed by atoms with van der Waals surface area (Å²) < 4.78 is 5.15. The highest BCUT2D eigenvalue weighted by atomic mass is 32.1. The van der Waals surface area contributed by atoms with Crippen molar-refractivity contribution in [3.8, 4) is 10.6 Å². The quantitative estimate of drug-likeness (QED) is 0.693. The normalized spacial score (nSPS) is 10.4. The topological polar surface area (TPSA) is 65.0 Å². The molecule has 0 aromatic carbocycles. The average molecular weight is 303 g/mol. The van der Waals surface area contributed by atoms with E-state index in [-0.39, 0.29) is 12.3 Å². The minimum absolute atomic E-state index is 0.135. The summed E-state index contributed by atoms with van der Waals surface area (Å²) in [5, 5.41) is 6.85. The maximum atomic E-state index is 11.7. The van der Waals surface area contributed by atoms with Crippen molar-refractivity contribution in [3.63, 3.8) is 0 Å². The van der Waals surface area contributed by atoms with Gasteiger partial charge in [0.05, 0.1) is 11.9 Å². The van der Waals surface area contributed by atoms with Crippen molar-refractivity contribution in [1.82, 2.24) is 15.0 Å². The Morgan fingerprint density at radius 2 is 2.25 bits per heavy atom. The molecule has 0 fully saturated rings. The Hall–Kier alpha value is -2.12. The van der Waals surface area contributed by atoms with E-state index in [0.717, 1.165) is 16.3 Å². The van der Waals surface area contributed by atoms with Gasteiger partial charge in [-0.1, -0.05) is 0 Å². The zero-order valence-corrected chi connectivity index (χ0v) is 11.9. The van der Waals surface area contributed by atoms with E-state index in [1.54, 1.807) is 11.3 Å². The molecule has 3 rings (SSSR count). The van der Waals surface area contributed by atoms with Gasteiger partial charge in [0.2, 0.25) is 0 Å². The van der Waals surface area contributed by atoms with E-state index in [1.807, 2.05) is 22.2 Å². The summed E-state index contributed by atoms with van der Waals surface area (Å²) in [5.74, 6) is -0.497. The number of hydrogen-bond donors (Lipinski definition) is 0. The zero-order valence-electron chi connectivity index (χ0n) is 10.2. The Morgan fingerprint density at radius 1 is 1.30 bits per heavy atom. The fourth-order valence-corrected chi connectivity index (χ4v) is 3.03. The number of ether oxygens (including phenoxy) is 1. The van der Waals surface area contributed by atoms with Crippen molar-refractivity contribution in [2.75, 3.05) is 0 Å². The summed E-state index contributed by atoms with van der Waals surface area (Å²) in [6.07, 6.45) is 4.33. The molecular weight excluding hydrogens is 294 g/mol. The number of carbonyl (C=O) groups is 1. The Kier molecular flexibility index (Phi) is 3.80. The monoisotopic (exact) mass is 303 g/mol. The molecule has 0 aliphatic rings. The van der Waals surface area contributed by atoms with Crippen LogP contribution in [0.15, 0.2) is 40.8 Å². The molecule has 3 heterocycles. The SMILES string of the molecule is O=C(OCc1csc(-c2ccsc2)n1)c1cnccn1. The smallest absolute Gasteiger partial charge is 0.358 e. The minimum atomic E-state index is -0.497. The standard InChI is InChI=1S/C13H9N3O2S2/c17-13(11-5-14-2-3-15-11)18-6-10-8-20-12(16-10)9-1-4-19-7-9/h1-5,7-8H,6H2. The van der Waals surface area contributed by atoms with Crippen LogP contribution >= 0.6 is 22.7 Å². The van der Waals surface area contributed by atoms with E-state index >= 15 is 0 Å². The number of esters is 1. The molecule has 0 spiro atoms. The Balaban J connectivity index is 1.63. The Labute approximate surface area is 122 Å². The first-order valence-corrected chi connectivity index (χ1v) is 7.55. The number of carbonyl (C=O) groups excluding carboxylic acids is 1. The van der Waals surface area contributed by atoms with E-state index in [2.05, 4.69) is 15.0 Å². The maximum Gasteiger partial charge on any atom is 0.358 e. The molecule has 0 atom stereocenters. The van der Waals surface area contributed by atoms with Gasteiger partial charge in [-0.05, 0) is 11.4 Å². The van der Waals surface area contributed by atoms with Crippen LogP contribution in [0.1, 0.15) is 16.2 Å². The molecule has 0 aliphatic heterocycles. The average Bonchev–Trinajstić information content (AvgIpc) is 3.16. The lowest BCUT2D eigenvalue weighted by molar-refractivity contribution is 0.0461. The highest BCUT2D eigenvalue weighted by molar-refractivity contribution is 7.14. The van der Waals surface area contributed by atoms with Crippen molar-refractivity contribution in [1.29, 1.82) is 0 Å². The number of nitrogens with zero attached hydrogens (tertiary/aromatic N) is 3. The summed E-state index contributed by atoms with van der Waals surface area (Å²) in [5.41, 5.74) is 2.01. The second kappa shape index (κ2) is 5.89. The molecule has 0 aliphatic carbocycles. The molecule has 3 aromatic heterocycles. The molecule has 20 heavy (non-hydrogen) atoms. The third kappa shape index (κ3) is 2.89. The van der Waals surface area contributed by atoms with Gasteiger partial charge in [-0.3, -0.25) is 4.98 Å². The third-order valence-electron chi connectivity index (χ3n) is 2.44. The first-order chi connectivity index (χ1) is 9.83. The van der Waals surface area contributed by atoms with E-state index in [1.165, 1.54) is 29.9 Å². The van der Waals surface area contributed by atoms with Crippen LogP contribution < -0.4 is 0 Å². The van der Waals surface area contributed by atoms with Crippen molar-refractivity contribution in [2.45, 2.75) is 6.61 Å². The van der Waals surface area contributed by atoms with Crippen LogP contribution in [-0.4, -0.2) is 20.9 Å². The predicted molar refractivity (Wildman–Crippen MR) is 76.6 cm³/mol. The molecule has 0 unspecified atom stereocenters. The van der Waals surface area contributed by atoms with Crippen molar-refractivity contribution in [2.24, 2.45) is 0 Å². The zero-order chi connectivity index (χ0) is 13.8. The van der Waals surface area contributed by atoms with E-state index in [4.69, 9.17) is 4.74 Å². The number of thiazole rings is 1. The molecule has 0 saturated heterocycles. The number of thiophene rings is 1. The molecule has 5 nitrogen and oxygen atoms in total. The summed E-state index contributed by atoms with van der Waals surface area (Å²) in [6, 6.07) is 2.01. The molecule has 0 amide bonds. The second-order valence-electron chi connectivity index (χ2n) is 3.82. The fourth-order valence-electron chi connectivity index (χ4n) is 1.51. The Morgan fingerprint density at radius 3 is 3.00 bits per heavy atom. The molecule has 0 bridgehead atoms. The second-order valence-corrected chi connectivity index (χ2v) is 5.46. The van der Waals surface area contributed by atoms with Crippen LogP contribution in [0.25, 0.3) is 10.6 Å². The van der Waals surface area contributed by atoms with Gasteiger partial charge in [0.25, 0.3) is 0 Å². The summed E-state index contributed by atoms with van der Waals surface area (Å²) in [4.78, 5) is 23.8. The molecular formula is C13H9N3O2S2. The lowest BCUT2D eigenvalue weighted by atomic mass is 10.4. The van der Waals surface area contributed by atoms with Gasteiger partial charge < -0.3 is 4.74 Å². The van der Waals surface area contributed by atoms with Gasteiger partial charge in [-0.15, -0.1) is 11.3 Å². The number of aromatic nitrogens is 3. The molecule has 100 valence electrons. The predicted octanol–water partition coefficient (Wildman–Crippen LogP) is 3.02. The molecule has 0 radical (unpaired) electrons. The first kappa shape index (κ1) is 12.9. The fraction of sp³-hybridized carbons (Fsp3) is 0.0769. The lowest BCUT2D eigenvalue weighted by Crippen LogP contribution is -2.07. The van der Waals surface area contributed by atoms with Gasteiger partial charge >= 0.3 is 5.97 Å². The van der Waals surface area contributed by atoms with Crippen molar-refractivity contribution >= 4 is 28.6 Å². The van der Waals surface area contributed by atoms with E-state index in [0.29, 0.717) is 0 Å². The van der Waals surface area contributed by atoms with Crippen LogP contribution in [0.5, 0.6) is 0 Å². The van der Waals surface area contributed by atoms with Crippen molar-refractivity contribution in [3.05, 3.63) is 52.2 Å². The molecule has 0 saturated carbocycles. The van der Waals surface area contributed by atoms with Gasteiger partial charge in [-0.25, -0.2) is 14.8 Å². The number of hydrogen-bond acceptors (Lipinski definition) is 7. The number of rotatable bonds is 4. The van der Waals surface area contributed by atoms with Crippen molar-refractivity contribution < 1.29 is 9.53 Å². The van der Waals surface area contributed by atoms with E-state index < -0.39 is 5.97 Å². The van der Waals surface area contributed by atoms with Gasteiger partial charge in [0.15, 0.2) is 5.69 Å². The van der Waals surface area contributed by atoms with Crippen LogP contribution in [0.3, 0.4) is 0 Å². The Bertz CT molecular complexity index is 696. The summed E-state index contributed by atoms with van der Waals surface area (Å²) in [6.45, 7) is 0.135. The van der Waals surface area contributed by atoms with Gasteiger partial charge in [-0.2, -0.15) is 11.3 Å². The largest absolute Gasteiger partial charge is 0.454 e. The van der Waals surface area contributed by atoms with Gasteiger partial charge in [0, 0.05) is 28.7 Å². The van der Waals surface area contributed by atoms with Crippen LogP contribution in [0, 0.1) is 0 Å².